The molecule has 6 heteroatoms. The number of unbranched alkanes of at least 4 members (excludes halogenated alkanes) is 17. The highest BCUT2D eigenvalue weighted by molar-refractivity contribution is 5.81. The van der Waals surface area contributed by atoms with E-state index in [-0.39, 0.29) is 6.42 Å². The van der Waals surface area contributed by atoms with Crippen LogP contribution in [0.2, 0.25) is 0 Å². The largest absolute Gasteiger partial charge is 0.394 e. The molecule has 6 nitrogen and oxygen atoms in total. The second-order valence-electron chi connectivity index (χ2n) is 12.2. The van der Waals surface area contributed by atoms with Crippen molar-refractivity contribution < 1.29 is 25.2 Å². The topological polar surface area (TPSA) is 110 Å². The molecule has 0 aliphatic rings. The van der Waals surface area contributed by atoms with Crippen molar-refractivity contribution in [2.24, 2.45) is 0 Å². The summed E-state index contributed by atoms with van der Waals surface area (Å²) in [7, 11) is 0. The molecule has 0 aliphatic heterocycles. The lowest BCUT2D eigenvalue weighted by Gasteiger charge is -2.27. The Labute approximate surface area is 265 Å². The van der Waals surface area contributed by atoms with Crippen LogP contribution in [0.3, 0.4) is 0 Å². The molecule has 0 saturated carbocycles. The Hall–Kier alpha value is -1.47. The molecule has 252 valence electrons. The Balaban J connectivity index is 3.98. The highest BCUT2D eigenvalue weighted by Gasteiger charge is 2.28. The van der Waals surface area contributed by atoms with Gasteiger partial charge in [-0.25, -0.2) is 0 Å². The normalized spacial score (nSPS) is 15.0. The molecule has 5 N–H and O–H groups in total. The van der Waals surface area contributed by atoms with Gasteiger partial charge in [0.1, 0.15) is 12.2 Å². The standard InChI is InChI=1S/C37H69NO5/c1-3-5-7-9-11-13-15-17-18-19-21-22-24-26-28-30-34(40)36(42)33(32-39)38-37(43)35(41)31-29-27-25-23-20-16-14-12-10-8-6-4-2/h20,22-24,27,29,33-36,39-42H,3-19,21,25-26,28,30-32H2,1-2H3,(H,38,43)/b23-20-,24-22+,29-27-. The Morgan fingerprint density at radius 2 is 1.05 bits per heavy atom. The highest BCUT2D eigenvalue weighted by Crippen LogP contribution is 2.13. The zero-order valence-corrected chi connectivity index (χ0v) is 27.9. The molecule has 0 aromatic rings. The van der Waals surface area contributed by atoms with Gasteiger partial charge in [-0.05, 0) is 51.4 Å². The summed E-state index contributed by atoms with van der Waals surface area (Å²) in [5, 5.41) is 43.2. The number of nitrogens with one attached hydrogen (secondary N) is 1. The Morgan fingerprint density at radius 3 is 1.56 bits per heavy atom. The maximum atomic E-state index is 12.4. The minimum atomic E-state index is -1.30. The van der Waals surface area contributed by atoms with Crippen molar-refractivity contribution in [3.05, 3.63) is 36.5 Å². The second kappa shape index (κ2) is 31.9. The van der Waals surface area contributed by atoms with E-state index in [4.69, 9.17) is 0 Å². The van der Waals surface area contributed by atoms with Crippen molar-refractivity contribution in [3.8, 4) is 0 Å². The smallest absolute Gasteiger partial charge is 0.249 e. The van der Waals surface area contributed by atoms with E-state index in [2.05, 4.69) is 43.5 Å². The molecule has 0 radical (unpaired) electrons. The second-order valence-corrected chi connectivity index (χ2v) is 12.2. The first-order valence-electron chi connectivity index (χ1n) is 17.9. The molecule has 0 aliphatic carbocycles. The van der Waals surface area contributed by atoms with Crippen LogP contribution in [0, 0.1) is 0 Å². The van der Waals surface area contributed by atoms with Crippen molar-refractivity contribution in [3.63, 3.8) is 0 Å². The number of hydrogen-bond acceptors (Lipinski definition) is 5. The highest BCUT2D eigenvalue weighted by atomic mass is 16.3. The molecule has 0 aromatic carbocycles. The molecule has 1 amide bonds. The Kier molecular flexibility index (Phi) is 30.8. The van der Waals surface area contributed by atoms with E-state index in [9.17, 15) is 25.2 Å². The van der Waals surface area contributed by atoms with Gasteiger partial charge in [-0.3, -0.25) is 4.79 Å². The van der Waals surface area contributed by atoms with Crippen LogP contribution in [0.4, 0.5) is 0 Å². The molecule has 43 heavy (non-hydrogen) atoms. The van der Waals surface area contributed by atoms with Gasteiger partial charge in [0, 0.05) is 6.42 Å². The predicted molar refractivity (Wildman–Crippen MR) is 182 cm³/mol. The quantitative estimate of drug-likeness (QED) is 0.0403. The third kappa shape index (κ3) is 26.6. The number of rotatable bonds is 31. The zero-order chi connectivity index (χ0) is 31.8. The molecule has 0 saturated heterocycles. The summed E-state index contributed by atoms with van der Waals surface area (Å²) in [5.41, 5.74) is 0. The predicted octanol–water partition coefficient (Wildman–Crippen LogP) is 8.23. The fraction of sp³-hybridized carbons (Fsp3) is 0.811. The summed E-state index contributed by atoms with van der Waals surface area (Å²) in [6.07, 6.45) is 34.7. The first kappa shape index (κ1) is 41.5. The molecular weight excluding hydrogens is 538 g/mol. The van der Waals surface area contributed by atoms with Gasteiger partial charge < -0.3 is 25.7 Å². The third-order valence-corrected chi connectivity index (χ3v) is 8.08. The molecule has 0 spiro atoms. The van der Waals surface area contributed by atoms with Crippen LogP contribution < -0.4 is 5.32 Å². The average Bonchev–Trinajstić information content (AvgIpc) is 3.01. The molecule has 0 heterocycles. The van der Waals surface area contributed by atoms with Gasteiger partial charge in [-0.1, -0.05) is 140 Å². The first-order chi connectivity index (χ1) is 21.0. The van der Waals surface area contributed by atoms with E-state index in [0.717, 1.165) is 25.7 Å². The van der Waals surface area contributed by atoms with Gasteiger partial charge >= 0.3 is 0 Å². The third-order valence-electron chi connectivity index (χ3n) is 8.08. The van der Waals surface area contributed by atoms with Crippen LogP contribution in [-0.4, -0.2) is 57.3 Å². The number of amides is 1. The van der Waals surface area contributed by atoms with Gasteiger partial charge in [-0.2, -0.15) is 0 Å². The van der Waals surface area contributed by atoms with Crippen LogP contribution in [0.5, 0.6) is 0 Å². The van der Waals surface area contributed by atoms with Crippen molar-refractivity contribution in [1.29, 1.82) is 0 Å². The van der Waals surface area contributed by atoms with Gasteiger partial charge in [-0.15, -0.1) is 0 Å². The zero-order valence-electron chi connectivity index (χ0n) is 27.9. The number of allylic oxidation sites excluding steroid dienone is 5. The maximum Gasteiger partial charge on any atom is 0.249 e. The lowest BCUT2D eigenvalue weighted by Crippen LogP contribution is -2.52. The molecule has 0 rings (SSSR count). The number of carbonyl (C=O) groups is 1. The van der Waals surface area contributed by atoms with E-state index in [0.29, 0.717) is 12.8 Å². The summed E-state index contributed by atoms with van der Waals surface area (Å²) in [4.78, 5) is 12.4. The average molecular weight is 608 g/mol. The Morgan fingerprint density at radius 1 is 0.605 bits per heavy atom. The van der Waals surface area contributed by atoms with Crippen molar-refractivity contribution in [1.82, 2.24) is 5.32 Å². The number of carbonyl (C=O) groups excluding carboxylic acids is 1. The van der Waals surface area contributed by atoms with Crippen LogP contribution in [0.15, 0.2) is 36.5 Å². The number of aliphatic hydroxyl groups excluding tert-OH is 4. The van der Waals surface area contributed by atoms with Crippen molar-refractivity contribution in [2.45, 2.75) is 186 Å². The molecule has 4 atom stereocenters. The molecule has 0 bridgehead atoms. The fourth-order valence-electron chi connectivity index (χ4n) is 5.15. The lowest BCUT2D eigenvalue weighted by molar-refractivity contribution is -0.132. The van der Waals surface area contributed by atoms with Crippen LogP contribution in [-0.2, 0) is 4.79 Å². The molecule has 4 unspecified atom stereocenters. The van der Waals surface area contributed by atoms with Crippen LogP contribution >= 0.6 is 0 Å². The molecule has 0 fully saturated rings. The monoisotopic (exact) mass is 608 g/mol. The van der Waals surface area contributed by atoms with Crippen molar-refractivity contribution in [2.75, 3.05) is 6.61 Å². The van der Waals surface area contributed by atoms with Gasteiger partial charge in [0.05, 0.1) is 18.8 Å². The van der Waals surface area contributed by atoms with Gasteiger partial charge in [0.25, 0.3) is 0 Å². The summed E-state index contributed by atoms with van der Waals surface area (Å²) in [6, 6.07) is -1.03. The minimum Gasteiger partial charge on any atom is -0.394 e. The van der Waals surface area contributed by atoms with E-state index < -0.39 is 36.9 Å². The van der Waals surface area contributed by atoms with Crippen LogP contribution in [0.1, 0.15) is 162 Å². The Bertz CT molecular complexity index is 692. The number of aliphatic hydroxyl groups is 4. The van der Waals surface area contributed by atoms with E-state index in [1.54, 1.807) is 6.08 Å². The van der Waals surface area contributed by atoms with Crippen molar-refractivity contribution >= 4 is 5.91 Å². The van der Waals surface area contributed by atoms with E-state index in [1.807, 2.05) is 6.08 Å². The van der Waals surface area contributed by atoms with Crippen LogP contribution in [0.25, 0.3) is 0 Å². The maximum absolute atomic E-state index is 12.4. The van der Waals surface area contributed by atoms with E-state index >= 15 is 0 Å². The fourth-order valence-corrected chi connectivity index (χ4v) is 5.15. The summed E-state index contributed by atoms with van der Waals surface area (Å²) < 4.78 is 0. The number of hydrogen-bond donors (Lipinski definition) is 5. The SMILES string of the molecule is CCCCCCCC/C=C\C/C=C\CC(O)C(=O)NC(CO)C(O)C(O)CCC/C=C/CCCCCCCCCCCC. The van der Waals surface area contributed by atoms with Gasteiger partial charge in [0.2, 0.25) is 5.91 Å². The summed E-state index contributed by atoms with van der Waals surface area (Å²) in [6.45, 7) is 3.96. The van der Waals surface area contributed by atoms with Gasteiger partial charge in [0.15, 0.2) is 0 Å². The minimum absolute atomic E-state index is 0.152. The molecule has 0 aromatic heterocycles. The molecular formula is C37H69NO5. The van der Waals surface area contributed by atoms with E-state index in [1.165, 1.54) is 103 Å². The summed E-state index contributed by atoms with van der Waals surface area (Å²) in [5.74, 6) is -0.663. The lowest BCUT2D eigenvalue weighted by atomic mass is 10.0. The first-order valence-corrected chi connectivity index (χ1v) is 17.9. The summed E-state index contributed by atoms with van der Waals surface area (Å²) >= 11 is 0.